The number of carbonyl (C=O) groups is 1. The van der Waals surface area contributed by atoms with Crippen LogP contribution in [0.2, 0.25) is 0 Å². The normalized spacial score (nSPS) is 18.8. The predicted molar refractivity (Wildman–Crippen MR) is 100 cm³/mol. The monoisotopic (exact) mass is 350 g/mol. The van der Waals surface area contributed by atoms with Gasteiger partial charge in [-0.25, -0.2) is 5.01 Å². The molecule has 0 aliphatic carbocycles. The van der Waals surface area contributed by atoms with Crippen LogP contribution < -0.4 is 15.9 Å². The van der Waals surface area contributed by atoms with Crippen LogP contribution in [-0.4, -0.2) is 22.3 Å². The minimum absolute atomic E-state index is 0.142. The van der Waals surface area contributed by atoms with E-state index in [1.165, 1.54) is 11.8 Å². The molecule has 0 bridgehead atoms. The van der Waals surface area contributed by atoms with Gasteiger partial charge in [0.25, 0.3) is 5.91 Å². The molecule has 0 aromatic heterocycles. The van der Waals surface area contributed by atoms with Gasteiger partial charge in [-0.15, -0.1) is 5.10 Å². The number of fused-ring (bicyclic) bond motifs is 2. The summed E-state index contributed by atoms with van der Waals surface area (Å²) in [4.78, 5) is 17.7. The summed E-state index contributed by atoms with van der Waals surface area (Å²) >= 11 is 1.41. The summed E-state index contributed by atoms with van der Waals surface area (Å²) in [5.41, 5.74) is 3.90. The SMILES string of the molecule is CSC1=NN2C(=c3ccccc3=NC2c2cc(C)ccc2C)C(=O)N1. The third kappa shape index (κ3) is 2.62. The molecule has 6 heteroatoms. The van der Waals surface area contributed by atoms with Gasteiger partial charge in [0.15, 0.2) is 11.3 Å². The molecule has 5 nitrogen and oxygen atoms in total. The number of hydrazone groups is 1. The van der Waals surface area contributed by atoms with Crippen molar-refractivity contribution in [2.24, 2.45) is 10.1 Å². The summed E-state index contributed by atoms with van der Waals surface area (Å²) in [5, 5.41) is 11.5. The van der Waals surface area contributed by atoms with Gasteiger partial charge in [0.05, 0.1) is 5.36 Å². The number of carbonyl (C=O) groups excluding carboxylic acids is 1. The van der Waals surface area contributed by atoms with Crippen LogP contribution in [0.5, 0.6) is 0 Å². The average molecular weight is 350 g/mol. The van der Waals surface area contributed by atoms with E-state index in [4.69, 9.17) is 4.99 Å². The number of amidine groups is 1. The second-order valence-electron chi connectivity index (χ2n) is 6.14. The number of hydrogen-bond acceptors (Lipinski definition) is 5. The second-order valence-corrected chi connectivity index (χ2v) is 6.93. The standard InChI is InChI=1S/C19H18N4OS/c1-11-8-9-12(2)14(10-11)17-20-15-7-5-4-6-13(15)16-18(24)21-19(25-3)22-23(16)17/h4-10,17H,1-3H3,(H,21,22,24). The number of aryl methyl sites for hydroxylation is 2. The number of hydrogen-bond donors (Lipinski definition) is 1. The molecule has 2 aliphatic rings. The Labute approximate surface area is 150 Å². The molecule has 2 aromatic rings. The average Bonchev–Trinajstić information content (AvgIpc) is 2.62. The molecule has 126 valence electrons. The number of benzene rings is 2. The Kier molecular flexibility index (Phi) is 3.84. The molecule has 4 rings (SSSR count). The quantitative estimate of drug-likeness (QED) is 0.853. The third-order valence-corrected chi connectivity index (χ3v) is 4.99. The van der Waals surface area contributed by atoms with Crippen molar-refractivity contribution in [3.63, 3.8) is 0 Å². The molecule has 1 atom stereocenters. The molecule has 1 amide bonds. The summed E-state index contributed by atoms with van der Waals surface area (Å²) < 4.78 is 0. The first-order valence-electron chi connectivity index (χ1n) is 8.06. The van der Waals surface area contributed by atoms with Crippen LogP contribution >= 0.6 is 11.8 Å². The molecular weight excluding hydrogens is 332 g/mol. The van der Waals surface area contributed by atoms with Crippen LogP contribution in [0.15, 0.2) is 52.6 Å². The van der Waals surface area contributed by atoms with Crippen LogP contribution in [0.3, 0.4) is 0 Å². The van der Waals surface area contributed by atoms with Gasteiger partial charge in [-0.05, 0) is 31.7 Å². The van der Waals surface area contributed by atoms with E-state index in [0.717, 1.165) is 27.3 Å². The van der Waals surface area contributed by atoms with E-state index >= 15 is 0 Å². The number of rotatable bonds is 1. The third-order valence-electron chi connectivity index (χ3n) is 4.42. The molecule has 0 radical (unpaired) electrons. The zero-order chi connectivity index (χ0) is 17.6. The van der Waals surface area contributed by atoms with E-state index in [1.807, 2.05) is 30.5 Å². The van der Waals surface area contributed by atoms with Crippen LogP contribution in [0.1, 0.15) is 22.9 Å². The van der Waals surface area contributed by atoms with Crippen LogP contribution in [0.25, 0.3) is 5.70 Å². The van der Waals surface area contributed by atoms with Gasteiger partial charge in [-0.1, -0.05) is 53.7 Å². The van der Waals surface area contributed by atoms with Crippen molar-refractivity contribution in [2.75, 3.05) is 6.26 Å². The largest absolute Gasteiger partial charge is 0.298 e. The van der Waals surface area contributed by atoms with Crippen molar-refractivity contribution in [3.8, 4) is 0 Å². The van der Waals surface area contributed by atoms with E-state index < -0.39 is 0 Å². The first-order chi connectivity index (χ1) is 12.1. The lowest BCUT2D eigenvalue weighted by molar-refractivity contribution is -0.116. The molecule has 25 heavy (non-hydrogen) atoms. The Morgan fingerprint density at radius 3 is 2.76 bits per heavy atom. The highest BCUT2D eigenvalue weighted by Crippen LogP contribution is 2.32. The predicted octanol–water partition coefficient (Wildman–Crippen LogP) is 1.81. The molecule has 2 heterocycles. The molecule has 0 spiro atoms. The minimum Gasteiger partial charge on any atom is -0.298 e. The van der Waals surface area contributed by atoms with Gasteiger partial charge in [0.1, 0.15) is 5.70 Å². The van der Waals surface area contributed by atoms with Crippen LogP contribution in [0.4, 0.5) is 0 Å². The van der Waals surface area contributed by atoms with E-state index in [0.29, 0.717) is 10.9 Å². The van der Waals surface area contributed by atoms with Gasteiger partial charge >= 0.3 is 0 Å². The lowest BCUT2D eigenvalue weighted by atomic mass is 10.0. The fraction of sp³-hybridized carbons (Fsp3) is 0.211. The van der Waals surface area contributed by atoms with Crippen molar-refractivity contribution in [2.45, 2.75) is 20.0 Å². The van der Waals surface area contributed by atoms with Crippen molar-refractivity contribution in [1.29, 1.82) is 0 Å². The topological polar surface area (TPSA) is 57.1 Å². The smallest absolute Gasteiger partial charge is 0.276 e. The maximum Gasteiger partial charge on any atom is 0.276 e. The van der Waals surface area contributed by atoms with E-state index in [1.54, 1.807) is 5.01 Å². The maximum absolute atomic E-state index is 12.8. The fourth-order valence-electron chi connectivity index (χ4n) is 3.16. The summed E-state index contributed by atoms with van der Waals surface area (Å²) in [7, 11) is 0. The summed E-state index contributed by atoms with van der Waals surface area (Å²) in [6.07, 6.45) is 1.55. The Morgan fingerprint density at radius 1 is 1.16 bits per heavy atom. The van der Waals surface area contributed by atoms with Gasteiger partial charge in [-0.3, -0.25) is 15.1 Å². The highest BCUT2D eigenvalue weighted by molar-refractivity contribution is 8.13. The Bertz CT molecular complexity index is 1030. The van der Waals surface area contributed by atoms with Gasteiger partial charge < -0.3 is 0 Å². The molecule has 0 saturated heterocycles. The Hall–Kier alpha value is -2.60. The Balaban J connectivity index is 2.02. The number of amides is 1. The zero-order valence-corrected chi connectivity index (χ0v) is 15.1. The second kappa shape index (κ2) is 6.04. The van der Waals surface area contributed by atoms with Crippen molar-refractivity contribution < 1.29 is 4.79 Å². The van der Waals surface area contributed by atoms with Crippen molar-refractivity contribution in [1.82, 2.24) is 10.3 Å². The van der Waals surface area contributed by atoms with E-state index in [2.05, 4.69) is 42.5 Å². The first kappa shape index (κ1) is 15.9. The molecule has 1 N–H and O–H groups in total. The van der Waals surface area contributed by atoms with E-state index in [9.17, 15) is 4.79 Å². The first-order valence-corrected chi connectivity index (χ1v) is 9.28. The lowest BCUT2D eigenvalue weighted by Gasteiger charge is -2.34. The highest BCUT2D eigenvalue weighted by Gasteiger charge is 2.34. The molecule has 0 fully saturated rings. The Morgan fingerprint density at radius 2 is 1.96 bits per heavy atom. The molecule has 1 unspecified atom stereocenters. The van der Waals surface area contributed by atoms with Crippen molar-refractivity contribution in [3.05, 3.63) is 69.7 Å². The number of nitrogens with one attached hydrogen (secondary N) is 1. The number of nitrogens with zero attached hydrogens (tertiary/aromatic N) is 3. The fourth-order valence-corrected chi connectivity index (χ4v) is 3.52. The van der Waals surface area contributed by atoms with Gasteiger partial charge in [0, 0.05) is 10.8 Å². The van der Waals surface area contributed by atoms with Crippen LogP contribution in [0, 0.1) is 13.8 Å². The zero-order valence-electron chi connectivity index (χ0n) is 14.3. The summed E-state index contributed by atoms with van der Waals surface area (Å²) in [5.74, 6) is -0.142. The maximum atomic E-state index is 12.8. The lowest BCUT2D eigenvalue weighted by Crippen LogP contribution is -2.50. The number of thioether (sulfide) groups is 1. The minimum atomic E-state index is -0.349. The molecule has 2 aromatic carbocycles. The van der Waals surface area contributed by atoms with Crippen molar-refractivity contribution >= 4 is 28.5 Å². The van der Waals surface area contributed by atoms with Gasteiger partial charge in [0.2, 0.25) is 0 Å². The summed E-state index contributed by atoms with van der Waals surface area (Å²) in [6, 6.07) is 14.0. The van der Waals surface area contributed by atoms with E-state index in [-0.39, 0.29) is 12.1 Å². The molecule has 0 saturated carbocycles. The highest BCUT2D eigenvalue weighted by atomic mass is 32.2. The number of para-hydroxylation sites is 1. The molecule has 2 aliphatic heterocycles. The van der Waals surface area contributed by atoms with Gasteiger partial charge in [-0.2, -0.15) is 0 Å². The molecular formula is C19H18N4OS. The summed E-state index contributed by atoms with van der Waals surface area (Å²) in [6.45, 7) is 4.12. The van der Waals surface area contributed by atoms with Crippen LogP contribution in [-0.2, 0) is 4.79 Å².